The van der Waals surface area contributed by atoms with E-state index in [1.54, 1.807) is 25.3 Å². The Morgan fingerprint density at radius 2 is 2.00 bits per heavy atom. The maximum Gasteiger partial charge on any atom is 0.268 e. The molecule has 10 heteroatoms. The molecule has 0 spiro atoms. The smallest absolute Gasteiger partial charge is 0.268 e. The fourth-order valence-electron chi connectivity index (χ4n) is 3.64. The minimum Gasteiger partial charge on any atom is -0.356 e. The van der Waals surface area contributed by atoms with E-state index in [1.807, 2.05) is 6.92 Å². The molecule has 4 rings (SSSR count). The van der Waals surface area contributed by atoms with Crippen molar-refractivity contribution < 1.29 is 13.6 Å². The van der Waals surface area contributed by atoms with Gasteiger partial charge in [-0.2, -0.15) is 5.10 Å². The number of aryl methyl sites for hydroxylation is 2. The Balaban J connectivity index is 1.77. The van der Waals surface area contributed by atoms with E-state index in [9.17, 15) is 18.4 Å². The van der Waals surface area contributed by atoms with Gasteiger partial charge in [-0.15, -0.1) is 11.3 Å². The number of nitrogens with one attached hydrogen (secondary N) is 1. The van der Waals surface area contributed by atoms with Crippen molar-refractivity contribution in [2.75, 3.05) is 6.54 Å². The Morgan fingerprint density at radius 3 is 2.76 bits per heavy atom. The number of carbonyl (C=O) groups excluding carboxylic acids is 1. The van der Waals surface area contributed by atoms with Crippen LogP contribution in [0.25, 0.3) is 21.9 Å². The third-order valence-corrected chi connectivity index (χ3v) is 6.17. The summed E-state index contributed by atoms with van der Waals surface area (Å²) in [5, 5.41) is 8.99. The van der Waals surface area contributed by atoms with Gasteiger partial charge < -0.3 is 5.32 Å². The first-order valence-corrected chi connectivity index (χ1v) is 11.5. The van der Waals surface area contributed by atoms with Gasteiger partial charge in [0.05, 0.1) is 17.7 Å². The van der Waals surface area contributed by atoms with Crippen molar-refractivity contribution >= 4 is 22.2 Å². The van der Waals surface area contributed by atoms with E-state index >= 15 is 0 Å². The van der Waals surface area contributed by atoms with Crippen LogP contribution in [0.3, 0.4) is 0 Å². The molecule has 0 radical (unpaired) electrons. The van der Waals surface area contributed by atoms with E-state index in [2.05, 4.69) is 15.4 Å². The van der Waals surface area contributed by atoms with Gasteiger partial charge in [-0.1, -0.05) is 13.3 Å². The first-order valence-electron chi connectivity index (χ1n) is 10.6. The lowest BCUT2D eigenvalue weighted by Crippen LogP contribution is -2.28. The summed E-state index contributed by atoms with van der Waals surface area (Å²) in [6.45, 7) is 6.02. The van der Waals surface area contributed by atoms with Gasteiger partial charge in [-0.05, 0) is 38.5 Å². The van der Waals surface area contributed by atoms with Gasteiger partial charge in [0.25, 0.3) is 5.56 Å². The van der Waals surface area contributed by atoms with Crippen LogP contribution in [-0.2, 0) is 11.2 Å². The van der Waals surface area contributed by atoms with Crippen LogP contribution in [0, 0.1) is 25.5 Å². The van der Waals surface area contributed by atoms with Gasteiger partial charge in [-0.25, -0.2) is 18.4 Å². The molecule has 0 bridgehead atoms. The molecular formula is C23H23F2N5O2S. The minimum absolute atomic E-state index is 0.0504. The molecule has 0 saturated carbocycles. The predicted molar refractivity (Wildman–Crippen MR) is 123 cm³/mol. The molecule has 0 aliphatic heterocycles. The Morgan fingerprint density at radius 1 is 1.21 bits per heavy atom. The summed E-state index contributed by atoms with van der Waals surface area (Å²) in [6, 6.07) is 4.74. The number of rotatable bonds is 7. The van der Waals surface area contributed by atoms with Gasteiger partial charge in [-0.3, -0.25) is 14.0 Å². The fraction of sp³-hybridized carbons (Fsp3) is 0.304. The number of hydrogen-bond acceptors (Lipinski definition) is 5. The predicted octanol–water partition coefficient (Wildman–Crippen LogP) is 3.96. The highest BCUT2D eigenvalue weighted by atomic mass is 32.1. The highest BCUT2D eigenvalue weighted by Crippen LogP contribution is 2.24. The highest BCUT2D eigenvalue weighted by Gasteiger charge is 2.21. The minimum atomic E-state index is -0.634. The third kappa shape index (κ3) is 4.43. The van der Waals surface area contributed by atoms with E-state index in [0.717, 1.165) is 31.0 Å². The van der Waals surface area contributed by atoms with Crippen molar-refractivity contribution in [3.8, 4) is 16.9 Å². The van der Waals surface area contributed by atoms with Crippen LogP contribution in [0.5, 0.6) is 0 Å². The lowest BCUT2D eigenvalue weighted by molar-refractivity contribution is -0.120. The number of unbranched alkanes of at least 4 members (excludes halogenated alkanes) is 1. The first-order chi connectivity index (χ1) is 15.8. The molecule has 0 aliphatic carbocycles. The summed E-state index contributed by atoms with van der Waals surface area (Å²) in [6.07, 6.45) is 1.91. The summed E-state index contributed by atoms with van der Waals surface area (Å²) >= 11 is 1.28. The Hall–Kier alpha value is -3.40. The molecule has 4 aromatic rings. The second-order valence-corrected chi connectivity index (χ2v) is 8.62. The van der Waals surface area contributed by atoms with Crippen LogP contribution in [0.1, 0.15) is 36.8 Å². The molecule has 1 amide bonds. The number of halogens is 2. The van der Waals surface area contributed by atoms with Crippen LogP contribution in [0.2, 0.25) is 0 Å². The van der Waals surface area contributed by atoms with E-state index in [4.69, 9.17) is 0 Å². The van der Waals surface area contributed by atoms with Gasteiger partial charge in [0.2, 0.25) is 5.91 Å². The second-order valence-electron chi connectivity index (χ2n) is 7.78. The van der Waals surface area contributed by atoms with Gasteiger partial charge in [0, 0.05) is 29.4 Å². The normalized spacial score (nSPS) is 11.3. The molecule has 7 nitrogen and oxygen atoms in total. The van der Waals surface area contributed by atoms with E-state index < -0.39 is 11.6 Å². The molecule has 172 valence electrons. The van der Waals surface area contributed by atoms with Gasteiger partial charge in [0.1, 0.15) is 23.0 Å². The molecular weight excluding hydrogens is 448 g/mol. The monoisotopic (exact) mass is 471 g/mol. The van der Waals surface area contributed by atoms with E-state index in [0.29, 0.717) is 34.3 Å². The number of aromatic nitrogens is 4. The summed E-state index contributed by atoms with van der Waals surface area (Å²) < 4.78 is 30.7. The van der Waals surface area contributed by atoms with Crippen LogP contribution >= 0.6 is 11.3 Å². The summed E-state index contributed by atoms with van der Waals surface area (Å²) in [7, 11) is 0. The Kier molecular flexibility index (Phi) is 6.37. The van der Waals surface area contributed by atoms with Gasteiger partial charge >= 0.3 is 0 Å². The number of nitrogens with zero attached hydrogens (tertiary/aromatic N) is 4. The van der Waals surface area contributed by atoms with Crippen LogP contribution in [0.15, 0.2) is 34.4 Å². The first kappa shape index (κ1) is 22.8. The maximum absolute atomic E-state index is 14.3. The Bertz CT molecular complexity index is 1410. The third-order valence-electron chi connectivity index (χ3n) is 5.30. The average molecular weight is 472 g/mol. The molecule has 0 unspecified atom stereocenters. The summed E-state index contributed by atoms with van der Waals surface area (Å²) in [5.41, 5.74) is 1.66. The molecule has 0 fully saturated rings. The second kappa shape index (κ2) is 9.22. The lowest BCUT2D eigenvalue weighted by atomic mass is 10.1. The molecule has 0 aliphatic rings. The van der Waals surface area contributed by atoms with Crippen molar-refractivity contribution in [1.82, 2.24) is 24.5 Å². The zero-order valence-corrected chi connectivity index (χ0v) is 19.3. The molecule has 3 aromatic heterocycles. The van der Waals surface area contributed by atoms with Crippen LogP contribution < -0.4 is 10.9 Å². The zero-order chi connectivity index (χ0) is 23.7. The average Bonchev–Trinajstić information content (AvgIpc) is 3.33. The highest BCUT2D eigenvalue weighted by molar-refractivity contribution is 7.15. The number of carbonyl (C=O) groups is 1. The SMILES string of the molecule is CCCCNC(=O)Cc1csc2nc(C)c(-c3cc(C)n(-c4cc(F)ccc4F)n3)c(=O)n12. The Labute approximate surface area is 192 Å². The van der Waals surface area contributed by atoms with Gasteiger partial charge in [0.15, 0.2) is 4.96 Å². The number of benzene rings is 1. The quantitative estimate of drug-likeness (QED) is 0.414. The molecule has 3 heterocycles. The zero-order valence-electron chi connectivity index (χ0n) is 18.5. The van der Waals surface area contributed by atoms with Crippen LogP contribution in [0.4, 0.5) is 8.78 Å². The standard InChI is InChI=1S/C23H23F2N5O2S/c1-4-5-8-26-20(31)11-16-12-33-23-27-14(3)21(22(32)29(16)23)18-9-13(2)30(28-18)19-10-15(24)6-7-17(19)25/h6-7,9-10,12H,4-5,8,11H2,1-3H3,(H,26,31). The molecule has 1 aromatic carbocycles. The van der Waals surface area contributed by atoms with E-state index in [1.165, 1.54) is 20.4 Å². The molecule has 1 N–H and O–H groups in total. The number of hydrogen-bond donors (Lipinski definition) is 1. The van der Waals surface area contributed by atoms with Crippen molar-refractivity contribution in [3.05, 3.63) is 68.7 Å². The fourth-order valence-corrected chi connectivity index (χ4v) is 4.57. The summed E-state index contributed by atoms with van der Waals surface area (Å²) in [4.78, 5) is 30.8. The van der Waals surface area contributed by atoms with E-state index in [-0.39, 0.29) is 29.1 Å². The largest absolute Gasteiger partial charge is 0.356 e. The molecule has 33 heavy (non-hydrogen) atoms. The van der Waals surface area contributed by atoms with Crippen molar-refractivity contribution in [2.45, 2.75) is 40.0 Å². The van der Waals surface area contributed by atoms with Crippen molar-refractivity contribution in [2.24, 2.45) is 0 Å². The lowest BCUT2D eigenvalue weighted by Gasteiger charge is -2.07. The summed E-state index contributed by atoms with van der Waals surface area (Å²) in [5.74, 6) is -1.40. The van der Waals surface area contributed by atoms with Crippen molar-refractivity contribution in [3.63, 3.8) is 0 Å². The number of thiazole rings is 1. The molecule has 0 atom stereocenters. The van der Waals surface area contributed by atoms with Crippen LogP contribution in [-0.4, -0.2) is 31.6 Å². The van der Waals surface area contributed by atoms with Crippen molar-refractivity contribution in [1.29, 1.82) is 0 Å². The maximum atomic E-state index is 14.3. The topological polar surface area (TPSA) is 81.3 Å². The molecule has 0 saturated heterocycles. The number of fused-ring (bicyclic) bond motifs is 1. The number of amides is 1.